The van der Waals surface area contributed by atoms with Crippen LogP contribution in [-0.2, 0) is 9.53 Å². The Morgan fingerprint density at radius 1 is 1.44 bits per heavy atom. The lowest BCUT2D eigenvalue weighted by Crippen LogP contribution is -2.42. The largest absolute Gasteiger partial charge is 0.394 e. The maximum atomic E-state index is 11.6. The molecular weight excluding hydrogens is 212 g/mol. The zero-order valence-corrected chi connectivity index (χ0v) is 9.39. The molecule has 6 nitrogen and oxygen atoms in total. The third-order valence-electron chi connectivity index (χ3n) is 2.47. The lowest BCUT2D eigenvalue weighted by atomic mass is 10.3. The second-order valence-corrected chi connectivity index (χ2v) is 3.78. The molecule has 94 valence electrons. The van der Waals surface area contributed by atoms with Crippen molar-refractivity contribution < 1.29 is 19.7 Å². The number of ether oxygens (including phenoxy) is 1. The highest BCUT2D eigenvalue weighted by Gasteiger charge is 2.15. The van der Waals surface area contributed by atoms with Crippen LogP contribution in [0.2, 0.25) is 0 Å². The summed E-state index contributed by atoms with van der Waals surface area (Å²) in [6, 6.07) is 0. The molecule has 1 fully saturated rings. The average Bonchev–Trinajstić information content (AvgIpc) is 2.35. The van der Waals surface area contributed by atoms with Gasteiger partial charge in [0.05, 0.1) is 25.9 Å². The van der Waals surface area contributed by atoms with Gasteiger partial charge in [0, 0.05) is 32.6 Å². The van der Waals surface area contributed by atoms with Gasteiger partial charge >= 0.3 is 0 Å². The summed E-state index contributed by atoms with van der Waals surface area (Å²) < 4.78 is 5.15. The predicted molar refractivity (Wildman–Crippen MR) is 58.0 cm³/mol. The number of carbonyl (C=O) groups is 1. The van der Waals surface area contributed by atoms with Crippen molar-refractivity contribution in [2.45, 2.75) is 12.5 Å². The molecule has 6 heteroatoms. The van der Waals surface area contributed by atoms with E-state index in [0.29, 0.717) is 45.8 Å². The van der Waals surface area contributed by atoms with E-state index in [1.807, 2.05) is 0 Å². The smallest absolute Gasteiger partial charge is 0.224 e. The number of nitrogens with one attached hydrogen (secondary N) is 1. The molecule has 0 saturated carbocycles. The van der Waals surface area contributed by atoms with E-state index in [9.17, 15) is 4.79 Å². The van der Waals surface area contributed by atoms with Gasteiger partial charge in [0.15, 0.2) is 0 Å². The summed E-state index contributed by atoms with van der Waals surface area (Å²) in [5.74, 6) is 0.106. The van der Waals surface area contributed by atoms with Gasteiger partial charge in [-0.05, 0) is 0 Å². The number of aliphatic hydroxyl groups excluding tert-OH is 2. The molecule has 1 saturated heterocycles. The molecule has 1 atom stereocenters. The molecule has 1 aliphatic heterocycles. The highest BCUT2D eigenvalue weighted by atomic mass is 16.5. The molecule has 1 heterocycles. The molecule has 0 radical (unpaired) electrons. The minimum Gasteiger partial charge on any atom is -0.394 e. The second kappa shape index (κ2) is 7.56. The first kappa shape index (κ1) is 13.4. The minimum atomic E-state index is -0.751. The Bertz CT molecular complexity index is 207. The lowest BCUT2D eigenvalue weighted by molar-refractivity contribution is -0.135. The standard InChI is InChI=1S/C10H20N2O4/c13-8-9(14)7-11-2-1-10(15)12-3-5-16-6-4-12/h9,11,13-14H,1-8H2. The topological polar surface area (TPSA) is 82.0 Å². The quantitative estimate of drug-likeness (QED) is 0.470. The van der Waals surface area contributed by atoms with Gasteiger partial charge in [0.2, 0.25) is 5.91 Å². The molecule has 0 aliphatic carbocycles. The summed E-state index contributed by atoms with van der Waals surface area (Å²) in [6.45, 7) is 3.13. The fourth-order valence-corrected chi connectivity index (χ4v) is 1.50. The fourth-order valence-electron chi connectivity index (χ4n) is 1.50. The molecule has 3 N–H and O–H groups in total. The monoisotopic (exact) mass is 232 g/mol. The van der Waals surface area contributed by atoms with Crippen LogP contribution in [0.5, 0.6) is 0 Å². The van der Waals surface area contributed by atoms with Gasteiger partial charge in [-0.3, -0.25) is 4.79 Å². The van der Waals surface area contributed by atoms with Crippen molar-refractivity contribution >= 4 is 5.91 Å². The highest BCUT2D eigenvalue weighted by molar-refractivity contribution is 5.76. The van der Waals surface area contributed by atoms with Crippen molar-refractivity contribution in [1.82, 2.24) is 10.2 Å². The van der Waals surface area contributed by atoms with Crippen LogP contribution in [0.1, 0.15) is 6.42 Å². The van der Waals surface area contributed by atoms with Gasteiger partial charge in [-0.25, -0.2) is 0 Å². The van der Waals surface area contributed by atoms with Crippen molar-refractivity contribution in [3.8, 4) is 0 Å². The molecule has 1 amide bonds. The van der Waals surface area contributed by atoms with Crippen molar-refractivity contribution in [3.05, 3.63) is 0 Å². The van der Waals surface area contributed by atoms with E-state index in [1.54, 1.807) is 4.90 Å². The van der Waals surface area contributed by atoms with Crippen LogP contribution in [0.15, 0.2) is 0 Å². The summed E-state index contributed by atoms with van der Waals surface area (Å²) in [5.41, 5.74) is 0. The first-order chi connectivity index (χ1) is 7.74. The zero-order chi connectivity index (χ0) is 11.8. The molecule has 0 aromatic carbocycles. The average molecular weight is 232 g/mol. The number of carbonyl (C=O) groups excluding carboxylic acids is 1. The Morgan fingerprint density at radius 3 is 2.75 bits per heavy atom. The molecule has 0 aromatic rings. The lowest BCUT2D eigenvalue weighted by Gasteiger charge is -2.26. The summed E-state index contributed by atoms with van der Waals surface area (Å²) >= 11 is 0. The summed E-state index contributed by atoms with van der Waals surface area (Å²) in [4.78, 5) is 13.4. The van der Waals surface area contributed by atoms with Crippen LogP contribution in [0.3, 0.4) is 0 Å². The Labute approximate surface area is 95.2 Å². The van der Waals surface area contributed by atoms with E-state index in [-0.39, 0.29) is 12.5 Å². The summed E-state index contributed by atoms with van der Waals surface area (Å²) in [7, 11) is 0. The first-order valence-corrected chi connectivity index (χ1v) is 5.59. The second-order valence-electron chi connectivity index (χ2n) is 3.78. The maximum Gasteiger partial charge on any atom is 0.224 e. The van der Waals surface area contributed by atoms with Gasteiger partial charge in [-0.15, -0.1) is 0 Å². The van der Waals surface area contributed by atoms with Gasteiger partial charge in [0.1, 0.15) is 0 Å². The number of morpholine rings is 1. The molecule has 1 unspecified atom stereocenters. The van der Waals surface area contributed by atoms with Crippen molar-refractivity contribution in [1.29, 1.82) is 0 Å². The van der Waals surface area contributed by atoms with E-state index >= 15 is 0 Å². The third kappa shape index (κ3) is 4.89. The Hall–Kier alpha value is -0.690. The number of hydrogen-bond donors (Lipinski definition) is 3. The SMILES string of the molecule is O=C(CCNCC(O)CO)N1CCOCC1. The molecule has 16 heavy (non-hydrogen) atoms. The third-order valence-corrected chi connectivity index (χ3v) is 2.47. The van der Waals surface area contributed by atoms with Crippen LogP contribution in [0.25, 0.3) is 0 Å². The Morgan fingerprint density at radius 2 is 2.12 bits per heavy atom. The van der Waals surface area contributed by atoms with Crippen molar-refractivity contribution in [2.24, 2.45) is 0 Å². The Kier molecular flexibility index (Phi) is 6.32. The normalized spacial score (nSPS) is 18.5. The van der Waals surface area contributed by atoms with Crippen molar-refractivity contribution in [2.75, 3.05) is 46.0 Å². The van der Waals surface area contributed by atoms with E-state index < -0.39 is 6.10 Å². The van der Waals surface area contributed by atoms with Gasteiger partial charge in [-0.2, -0.15) is 0 Å². The number of hydrogen-bond acceptors (Lipinski definition) is 5. The van der Waals surface area contributed by atoms with E-state index in [4.69, 9.17) is 14.9 Å². The predicted octanol–water partition coefficient (Wildman–Crippen LogP) is -1.82. The molecule has 0 spiro atoms. The van der Waals surface area contributed by atoms with Crippen LogP contribution in [0, 0.1) is 0 Å². The van der Waals surface area contributed by atoms with Gasteiger partial charge in [0.25, 0.3) is 0 Å². The highest BCUT2D eigenvalue weighted by Crippen LogP contribution is 1.99. The van der Waals surface area contributed by atoms with Crippen LogP contribution >= 0.6 is 0 Å². The van der Waals surface area contributed by atoms with Crippen LogP contribution < -0.4 is 5.32 Å². The summed E-state index contributed by atoms with van der Waals surface area (Å²) in [6.07, 6.45) is -0.337. The molecular formula is C10H20N2O4. The molecule has 0 bridgehead atoms. The van der Waals surface area contributed by atoms with Gasteiger partial charge in [-0.1, -0.05) is 0 Å². The van der Waals surface area contributed by atoms with Crippen LogP contribution in [0.4, 0.5) is 0 Å². The zero-order valence-electron chi connectivity index (χ0n) is 9.39. The minimum absolute atomic E-state index is 0.106. The van der Waals surface area contributed by atoms with Gasteiger partial charge < -0.3 is 25.2 Å². The maximum absolute atomic E-state index is 11.6. The van der Waals surface area contributed by atoms with E-state index in [1.165, 1.54) is 0 Å². The first-order valence-electron chi connectivity index (χ1n) is 5.59. The van der Waals surface area contributed by atoms with Crippen LogP contribution in [-0.4, -0.2) is 73.1 Å². The Balaban J connectivity index is 2.05. The number of aliphatic hydroxyl groups is 2. The number of rotatable bonds is 6. The summed E-state index contributed by atoms with van der Waals surface area (Å²) in [5, 5.41) is 20.5. The molecule has 0 aromatic heterocycles. The van der Waals surface area contributed by atoms with E-state index in [2.05, 4.69) is 5.32 Å². The number of nitrogens with zero attached hydrogens (tertiary/aromatic N) is 1. The molecule has 1 rings (SSSR count). The fraction of sp³-hybridized carbons (Fsp3) is 0.900. The van der Waals surface area contributed by atoms with Crippen molar-refractivity contribution in [3.63, 3.8) is 0 Å². The number of amides is 1. The molecule has 1 aliphatic rings. The van der Waals surface area contributed by atoms with E-state index in [0.717, 1.165) is 0 Å².